The fourth-order valence-electron chi connectivity index (χ4n) is 1.94. The summed E-state index contributed by atoms with van der Waals surface area (Å²) in [5, 5.41) is 11.7. The normalized spacial score (nSPS) is 10.3. The fourth-order valence-corrected chi connectivity index (χ4v) is 2.33. The molecule has 0 radical (unpaired) electrons. The molecule has 6 heteroatoms. The summed E-state index contributed by atoms with van der Waals surface area (Å²) in [5.74, 6) is -0.0955. The molecule has 110 valence electrons. The van der Waals surface area contributed by atoms with E-state index in [1.165, 1.54) is 12.1 Å². The standard InChI is InChI=1S/C14H19BrN2O3/c1-11-10-12(6-7-13(11)17(19)20)14(18)16(2)9-5-3-4-8-15/h6-7,10H,3-5,8-9H2,1-2H3. The van der Waals surface area contributed by atoms with Crippen molar-refractivity contribution in [2.24, 2.45) is 0 Å². The maximum Gasteiger partial charge on any atom is 0.272 e. The highest BCUT2D eigenvalue weighted by Gasteiger charge is 2.16. The SMILES string of the molecule is Cc1cc(C(=O)N(C)CCCCCBr)ccc1[N+](=O)[O-]. The highest BCUT2D eigenvalue weighted by Crippen LogP contribution is 2.19. The Bertz CT molecular complexity index is 491. The van der Waals surface area contributed by atoms with Crippen molar-refractivity contribution in [2.45, 2.75) is 26.2 Å². The van der Waals surface area contributed by atoms with Gasteiger partial charge in [-0.2, -0.15) is 0 Å². The fraction of sp³-hybridized carbons (Fsp3) is 0.500. The first kappa shape index (κ1) is 16.6. The van der Waals surface area contributed by atoms with Crippen LogP contribution in [0.25, 0.3) is 0 Å². The minimum atomic E-state index is -0.437. The van der Waals surface area contributed by atoms with Crippen molar-refractivity contribution in [3.63, 3.8) is 0 Å². The quantitative estimate of drug-likeness (QED) is 0.329. The minimum absolute atomic E-state index is 0.0431. The lowest BCUT2D eigenvalue weighted by Gasteiger charge is -2.17. The smallest absolute Gasteiger partial charge is 0.272 e. The van der Waals surface area contributed by atoms with Gasteiger partial charge in [0.05, 0.1) is 4.92 Å². The largest absolute Gasteiger partial charge is 0.342 e. The molecule has 1 aromatic rings. The van der Waals surface area contributed by atoms with Crippen molar-refractivity contribution in [3.05, 3.63) is 39.4 Å². The van der Waals surface area contributed by atoms with Gasteiger partial charge in [0.1, 0.15) is 0 Å². The number of hydrogen-bond donors (Lipinski definition) is 0. The van der Waals surface area contributed by atoms with Gasteiger partial charge in [0.25, 0.3) is 11.6 Å². The molecule has 1 rings (SSSR count). The van der Waals surface area contributed by atoms with Gasteiger partial charge in [0.2, 0.25) is 0 Å². The van der Waals surface area contributed by atoms with Crippen LogP contribution in [0.15, 0.2) is 18.2 Å². The van der Waals surface area contributed by atoms with Crippen molar-refractivity contribution >= 4 is 27.5 Å². The molecule has 20 heavy (non-hydrogen) atoms. The van der Waals surface area contributed by atoms with Crippen molar-refractivity contribution in [1.82, 2.24) is 4.90 Å². The number of carbonyl (C=O) groups excluding carboxylic acids is 1. The first-order valence-electron chi connectivity index (χ1n) is 6.54. The number of nitro benzene ring substituents is 1. The molecule has 0 spiro atoms. The Morgan fingerprint density at radius 2 is 2.05 bits per heavy atom. The highest BCUT2D eigenvalue weighted by atomic mass is 79.9. The Labute approximate surface area is 127 Å². The van der Waals surface area contributed by atoms with Crippen molar-refractivity contribution in [1.29, 1.82) is 0 Å². The summed E-state index contributed by atoms with van der Waals surface area (Å²) in [7, 11) is 1.76. The summed E-state index contributed by atoms with van der Waals surface area (Å²) in [6.45, 7) is 2.34. The number of benzene rings is 1. The number of nitrogens with zero attached hydrogens (tertiary/aromatic N) is 2. The molecule has 1 aromatic carbocycles. The lowest BCUT2D eigenvalue weighted by Crippen LogP contribution is -2.27. The summed E-state index contributed by atoms with van der Waals surface area (Å²) in [6, 6.07) is 4.49. The first-order chi connectivity index (χ1) is 9.47. The maximum atomic E-state index is 12.2. The highest BCUT2D eigenvalue weighted by molar-refractivity contribution is 9.09. The number of alkyl halides is 1. The molecule has 0 fully saturated rings. The molecule has 0 aliphatic heterocycles. The third-order valence-electron chi connectivity index (χ3n) is 3.11. The lowest BCUT2D eigenvalue weighted by atomic mass is 10.1. The molecular formula is C14H19BrN2O3. The first-order valence-corrected chi connectivity index (χ1v) is 7.66. The Morgan fingerprint density at radius 3 is 2.60 bits per heavy atom. The third kappa shape index (κ3) is 4.59. The third-order valence-corrected chi connectivity index (χ3v) is 3.68. The molecule has 0 unspecified atom stereocenters. The molecule has 0 bridgehead atoms. The van der Waals surface area contributed by atoms with Crippen molar-refractivity contribution in [3.8, 4) is 0 Å². The van der Waals surface area contributed by atoms with E-state index < -0.39 is 4.92 Å². The molecule has 1 amide bonds. The topological polar surface area (TPSA) is 63.5 Å². The second-order valence-corrected chi connectivity index (χ2v) is 5.53. The van der Waals surface area contributed by atoms with Gasteiger partial charge in [-0.1, -0.05) is 22.4 Å². The van der Waals surface area contributed by atoms with E-state index in [0.29, 0.717) is 17.7 Å². The molecule has 0 atom stereocenters. The number of halogens is 1. The van der Waals surface area contributed by atoms with E-state index in [0.717, 1.165) is 24.6 Å². The molecule has 0 N–H and O–H groups in total. The summed E-state index contributed by atoms with van der Waals surface area (Å²) in [6.07, 6.45) is 3.13. The van der Waals surface area contributed by atoms with E-state index >= 15 is 0 Å². The number of carbonyl (C=O) groups is 1. The van der Waals surface area contributed by atoms with Crippen LogP contribution in [-0.4, -0.2) is 34.7 Å². The van der Waals surface area contributed by atoms with Crippen LogP contribution in [0.4, 0.5) is 5.69 Å². The van der Waals surface area contributed by atoms with Crippen LogP contribution < -0.4 is 0 Å². The molecule has 0 aliphatic rings. The monoisotopic (exact) mass is 342 g/mol. The van der Waals surface area contributed by atoms with Crippen LogP contribution >= 0.6 is 15.9 Å². The van der Waals surface area contributed by atoms with Gasteiger partial charge in [0.15, 0.2) is 0 Å². The number of rotatable bonds is 7. The van der Waals surface area contributed by atoms with Gasteiger partial charge < -0.3 is 4.90 Å². The van der Waals surface area contributed by atoms with Gasteiger partial charge in [-0.05, 0) is 31.9 Å². The van der Waals surface area contributed by atoms with Crippen LogP contribution in [0.1, 0.15) is 35.2 Å². The summed E-state index contributed by atoms with van der Waals surface area (Å²) in [4.78, 5) is 24.2. The zero-order valence-corrected chi connectivity index (χ0v) is 13.4. The van der Waals surface area contributed by atoms with E-state index in [-0.39, 0.29) is 11.6 Å². The van der Waals surface area contributed by atoms with Crippen molar-refractivity contribution < 1.29 is 9.72 Å². The zero-order chi connectivity index (χ0) is 15.1. The summed E-state index contributed by atoms with van der Waals surface area (Å²) < 4.78 is 0. The van der Waals surface area contributed by atoms with Crippen LogP contribution in [0.2, 0.25) is 0 Å². The molecule has 5 nitrogen and oxygen atoms in total. The summed E-state index contributed by atoms with van der Waals surface area (Å²) >= 11 is 3.37. The second kappa shape index (κ2) is 7.99. The number of nitro groups is 1. The van der Waals surface area contributed by atoms with E-state index in [1.807, 2.05) is 0 Å². The summed E-state index contributed by atoms with van der Waals surface area (Å²) in [5.41, 5.74) is 1.05. The van der Waals surface area contributed by atoms with E-state index in [1.54, 1.807) is 24.9 Å². The molecular weight excluding hydrogens is 324 g/mol. The number of amides is 1. The molecule has 0 saturated carbocycles. The minimum Gasteiger partial charge on any atom is -0.342 e. The molecule has 0 heterocycles. The predicted molar refractivity (Wildman–Crippen MR) is 82.4 cm³/mol. The maximum absolute atomic E-state index is 12.2. The Kier molecular flexibility index (Phi) is 6.64. The average molecular weight is 343 g/mol. The van der Waals surface area contributed by atoms with Crippen LogP contribution in [-0.2, 0) is 0 Å². The Morgan fingerprint density at radius 1 is 1.35 bits per heavy atom. The van der Waals surface area contributed by atoms with Gasteiger partial charge in [0, 0.05) is 36.1 Å². The van der Waals surface area contributed by atoms with E-state index in [2.05, 4.69) is 15.9 Å². The molecule has 0 aromatic heterocycles. The van der Waals surface area contributed by atoms with Crippen LogP contribution in [0.5, 0.6) is 0 Å². The lowest BCUT2D eigenvalue weighted by molar-refractivity contribution is -0.385. The number of hydrogen-bond acceptors (Lipinski definition) is 3. The number of unbranched alkanes of at least 4 members (excludes halogenated alkanes) is 2. The molecule has 0 aliphatic carbocycles. The van der Waals surface area contributed by atoms with Crippen molar-refractivity contribution in [2.75, 3.05) is 18.9 Å². The van der Waals surface area contributed by atoms with Gasteiger partial charge in [-0.25, -0.2) is 0 Å². The van der Waals surface area contributed by atoms with E-state index in [9.17, 15) is 14.9 Å². The zero-order valence-electron chi connectivity index (χ0n) is 11.8. The van der Waals surface area contributed by atoms with Gasteiger partial charge >= 0.3 is 0 Å². The van der Waals surface area contributed by atoms with Gasteiger partial charge in [-0.15, -0.1) is 0 Å². The molecule has 0 saturated heterocycles. The Hall–Kier alpha value is -1.43. The van der Waals surface area contributed by atoms with Crippen LogP contribution in [0.3, 0.4) is 0 Å². The Balaban J connectivity index is 2.67. The second-order valence-electron chi connectivity index (χ2n) is 4.73. The van der Waals surface area contributed by atoms with Gasteiger partial charge in [-0.3, -0.25) is 14.9 Å². The van der Waals surface area contributed by atoms with Crippen LogP contribution in [0, 0.1) is 17.0 Å². The predicted octanol–water partition coefficient (Wildman–Crippen LogP) is 3.54. The van der Waals surface area contributed by atoms with E-state index in [4.69, 9.17) is 0 Å². The average Bonchev–Trinajstić information content (AvgIpc) is 2.42. The number of aryl methyl sites for hydroxylation is 1.